The summed E-state index contributed by atoms with van der Waals surface area (Å²) in [5.74, 6) is 10.8. The van der Waals surface area contributed by atoms with Gasteiger partial charge in [-0.25, -0.2) is 10.8 Å². The van der Waals surface area contributed by atoms with E-state index in [1.165, 1.54) is 0 Å². The van der Waals surface area contributed by atoms with Gasteiger partial charge in [0.2, 0.25) is 5.95 Å². The molecule has 0 aliphatic heterocycles. The van der Waals surface area contributed by atoms with Gasteiger partial charge < -0.3 is 5.84 Å². The Kier molecular flexibility index (Phi) is 2.33. The molecule has 1 heterocycles. The molecule has 0 amide bonds. The molecule has 15 heavy (non-hydrogen) atoms. The predicted octanol–water partition coefficient (Wildman–Crippen LogP) is 0.158. The first-order valence-corrected chi connectivity index (χ1v) is 4.87. The third-order valence-corrected chi connectivity index (χ3v) is 2.48. The maximum absolute atomic E-state index is 11.7. The molecule has 1 aromatic heterocycles. The molecule has 0 saturated carbocycles. The second kappa shape index (κ2) is 3.52. The summed E-state index contributed by atoms with van der Waals surface area (Å²) in [4.78, 5) is 15.8. The van der Waals surface area contributed by atoms with Crippen molar-refractivity contribution in [2.75, 3.05) is 11.3 Å². The van der Waals surface area contributed by atoms with Crippen molar-refractivity contribution in [2.24, 2.45) is 5.84 Å². The Morgan fingerprint density at radius 2 is 2.20 bits per heavy atom. The Hall–Kier alpha value is -1.60. The molecule has 0 aliphatic carbocycles. The van der Waals surface area contributed by atoms with E-state index in [1.807, 2.05) is 0 Å². The molecule has 78 valence electrons. The van der Waals surface area contributed by atoms with E-state index in [-0.39, 0.29) is 11.5 Å². The fourth-order valence-electron chi connectivity index (χ4n) is 1.27. The van der Waals surface area contributed by atoms with Gasteiger partial charge in [-0.2, -0.15) is 4.68 Å². The number of rotatable bonds is 1. The van der Waals surface area contributed by atoms with Crippen molar-refractivity contribution in [3.8, 4) is 0 Å². The highest BCUT2D eigenvalue weighted by molar-refractivity contribution is 9.10. The lowest BCUT2D eigenvalue weighted by Gasteiger charge is -2.07. The van der Waals surface area contributed by atoms with Gasteiger partial charge in [0.1, 0.15) is 0 Å². The summed E-state index contributed by atoms with van der Waals surface area (Å²) >= 11 is 3.27. The number of anilines is 1. The number of hydrogen-bond acceptors (Lipinski definition) is 5. The zero-order chi connectivity index (χ0) is 11.0. The van der Waals surface area contributed by atoms with Gasteiger partial charge in [-0.1, -0.05) is 15.9 Å². The number of halogens is 1. The van der Waals surface area contributed by atoms with Crippen LogP contribution >= 0.6 is 15.9 Å². The normalized spacial score (nSPS) is 10.5. The van der Waals surface area contributed by atoms with Crippen molar-refractivity contribution in [1.29, 1.82) is 0 Å². The molecule has 0 bridgehead atoms. The number of hydrazine groups is 1. The topological polar surface area (TPSA) is 99.0 Å². The molecule has 6 nitrogen and oxygen atoms in total. The molecule has 1 aromatic carbocycles. The highest BCUT2D eigenvalue weighted by Gasteiger charge is 2.07. The van der Waals surface area contributed by atoms with Gasteiger partial charge in [0.05, 0.1) is 10.9 Å². The Bertz CT molecular complexity index is 579. The van der Waals surface area contributed by atoms with E-state index in [9.17, 15) is 4.79 Å². The molecule has 0 atom stereocenters. The number of benzene rings is 1. The summed E-state index contributed by atoms with van der Waals surface area (Å²) in [5.41, 5.74) is 2.45. The van der Waals surface area contributed by atoms with Crippen LogP contribution in [-0.4, -0.2) is 9.66 Å². The molecule has 0 aliphatic rings. The third kappa shape index (κ3) is 1.55. The van der Waals surface area contributed by atoms with Crippen LogP contribution in [0.3, 0.4) is 0 Å². The van der Waals surface area contributed by atoms with Crippen molar-refractivity contribution in [3.05, 3.63) is 33.0 Å². The van der Waals surface area contributed by atoms with Gasteiger partial charge in [0, 0.05) is 4.47 Å². The summed E-state index contributed by atoms with van der Waals surface area (Å²) in [6.45, 7) is 0. The molecule has 0 radical (unpaired) electrons. The molecule has 0 spiro atoms. The Balaban J connectivity index is 2.91. The van der Waals surface area contributed by atoms with E-state index in [1.54, 1.807) is 18.2 Å². The number of nitrogens with two attached hydrogens (primary N) is 2. The monoisotopic (exact) mass is 269 g/mol. The standard InChI is InChI=1S/C8H8BrN5O/c9-4-1-2-6-5(3-4)7(15)14(11)8(12-6)13-10/h1-3H,10-11H2,(H,12,13). The van der Waals surface area contributed by atoms with Gasteiger partial charge in [-0.05, 0) is 18.2 Å². The molecule has 7 heteroatoms. The largest absolute Gasteiger partial charge is 0.333 e. The van der Waals surface area contributed by atoms with Gasteiger partial charge >= 0.3 is 0 Å². The van der Waals surface area contributed by atoms with Crippen molar-refractivity contribution in [2.45, 2.75) is 0 Å². The van der Waals surface area contributed by atoms with Crippen LogP contribution in [0.4, 0.5) is 5.95 Å². The van der Waals surface area contributed by atoms with Crippen molar-refractivity contribution in [1.82, 2.24) is 9.66 Å². The van der Waals surface area contributed by atoms with Crippen LogP contribution in [0.1, 0.15) is 0 Å². The zero-order valence-corrected chi connectivity index (χ0v) is 9.15. The number of nitrogens with zero attached hydrogens (tertiary/aromatic N) is 2. The van der Waals surface area contributed by atoms with Crippen LogP contribution in [0, 0.1) is 0 Å². The Morgan fingerprint density at radius 1 is 1.47 bits per heavy atom. The minimum absolute atomic E-state index is 0.120. The fourth-order valence-corrected chi connectivity index (χ4v) is 1.63. The first kappa shape index (κ1) is 9.94. The summed E-state index contributed by atoms with van der Waals surface area (Å²) in [6, 6.07) is 5.16. The number of hydrogen-bond donors (Lipinski definition) is 3. The molecular weight excluding hydrogens is 262 g/mol. The molecular formula is C8H8BrN5O. The summed E-state index contributed by atoms with van der Waals surface area (Å²) < 4.78 is 1.66. The molecule has 2 aromatic rings. The molecule has 0 unspecified atom stereocenters. The molecule has 0 saturated heterocycles. The Labute approximate surface area is 93.0 Å². The van der Waals surface area contributed by atoms with E-state index >= 15 is 0 Å². The van der Waals surface area contributed by atoms with E-state index in [0.717, 1.165) is 9.15 Å². The highest BCUT2D eigenvalue weighted by atomic mass is 79.9. The zero-order valence-electron chi connectivity index (χ0n) is 7.57. The van der Waals surface area contributed by atoms with E-state index < -0.39 is 0 Å². The quantitative estimate of drug-likeness (QED) is 0.506. The summed E-state index contributed by atoms with van der Waals surface area (Å²) in [7, 11) is 0. The van der Waals surface area contributed by atoms with Crippen LogP contribution in [0.2, 0.25) is 0 Å². The molecule has 2 rings (SSSR count). The number of aromatic nitrogens is 2. The lowest BCUT2D eigenvalue weighted by Crippen LogP contribution is -2.32. The maximum atomic E-state index is 11.7. The van der Waals surface area contributed by atoms with Crippen molar-refractivity contribution >= 4 is 32.8 Å². The van der Waals surface area contributed by atoms with Gasteiger partial charge in [0.25, 0.3) is 5.56 Å². The third-order valence-electron chi connectivity index (χ3n) is 1.99. The van der Waals surface area contributed by atoms with E-state index in [4.69, 9.17) is 11.7 Å². The second-order valence-corrected chi connectivity index (χ2v) is 3.83. The van der Waals surface area contributed by atoms with Crippen LogP contribution < -0.4 is 22.7 Å². The van der Waals surface area contributed by atoms with Crippen LogP contribution in [0.25, 0.3) is 10.9 Å². The lowest BCUT2D eigenvalue weighted by atomic mass is 10.2. The average Bonchev–Trinajstić information content (AvgIpc) is 2.24. The fraction of sp³-hybridized carbons (Fsp3) is 0. The van der Waals surface area contributed by atoms with E-state index in [2.05, 4.69) is 26.3 Å². The number of nitrogen functional groups attached to an aromatic ring is 2. The van der Waals surface area contributed by atoms with Crippen LogP contribution in [-0.2, 0) is 0 Å². The predicted molar refractivity (Wildman–Crippen MR) is 61.7 cm³/mol. The molecule has 0 fully saturated rings. The SMILES string of the molecule is NNc1nc2ccc(Br)cc2c(=O)n1N. The summed E-state index contributed by atoms with van der Waals surface area (Å²) in [6.07, 6.45) is 0. The van der Waals surface area contributed by atoms with Gasteiger partial charge in [0.15, 0.2) is 0 Å². The van der Waals surface area contributed by atoms with Crippen molar-refractivity contribution < 1.29 is 0 Å². The number of nitrogens with one attached hydrogen (secondary N) is 1. The van der Waals surface area contributed by atoms with Gasteiger partial charge in [-0.15, -0.1) is 0 Å². The first-order chi connectivity index (χ1) is 7.13. The maximum Gasteiger partial charge on any atom is 0.281 e. The van der Waals surface area contributed by atoms with E-state index in [0.29, 0.717) is 10.9 Å². The van der Waals surface area contributed by atoms with Gasteiger partial charge in [-0.3, -0.25) is 10.2 Å². The highest BCUT2D eigenvalue weighted by Crippen LogP contribution is 2.16. The first-order valence-electron chi connectivity index (χ1n) is 4.07. The number of fused-ring (bicyclic) bond motifs is 1. The van der Waals surface area contributed by atoms with Crippen LogP contribution in [0.5, 0.6) is 0 Å². The van der Waals surface area contributed by atoms with Crippen molar-refractivity contribution in [3.63, 3.8) is 0 Å². The molecule has 5 N–H and O–H groups in total. The Morgan fingerprint density at radius 3 is 2.87 bits per heavy atom. The average molecular weight is 270 g/mol. The lowest BCUT2D eigenvalue weighted by molar-refractivity contribution is 0.911. The minimum atomic E-state index is -0.353. The smallest absolute Gasteiger partial charge is 0.281 e. The summed E-state index contributed by atoms with van der Waals surface area (Å²) in [5, 5.41) is 0.436. The minimum Gasteiger partial charge on any atom is -0.333 e. The van der Waals surface area contributed by atoms with Crippen LogP contribution in [0.15, 0.2) is 27.5 Å². The second-order valence-electron chi connectivity index (χ2n) is 2.92.